The molecule has 1 aromatic rings. The molecule has 1 atom stereocenters. The van der Waals surface area contributed by atoms with Crippen LogP contribution in [0, 0.1) is 0 Å². The Morgan fingerprint density at radius 2 is 2.00 bits per heavy atom. The van der Waals surface area contributed by atoms with Crippen LogP contribution in [0.1, 0.15) is 51.4 Å². The Hall–Kier alpha value is -0.990. The van der Waals surface area contributed by atoms with Crippen LogP contribution < -0.4 is 0 Å². The van der Waals surface area contributed by atoms with Crippen molar-refractivity contribution in [1.82, 2.24) is 19.3 Å². The van der Waals surface area contributed by atoms with Crippen LogP contribution in [0.4, 0.5) is 0 Å². The topological polar surface area (TPSA) is 79.5 Å². The van der Waals surface area contributed by atoms with Crippen LogP contribution in [0.3, 0.4) is 0 Å². The summed E-state index contributed by atoms with van der Waals surface area (Å²) in [7, 11) is -1.43. The van der Waals surface area contributed by atoms with Gasteiger partial charge >= 0.3 is 0 Å². The summed E-state index contributed by atoms with van der Waals surface area (Å²) in [4.78, 5) is 6.66. The minimum absolute atomic E-state index is 0.0711. The Balaban J connectivity index is 1.94. The van der Waals surface area contributed by atoms with E-state index in [9.17, 15) is 8.42 Å². The van der Waals surface area contributed by atoms with Crippen molar-refractivity contribution in [3.05, 3.63) is 11.7 Å². The molecule has 22 heavy (non-hydrogen) atoms. The number of nitrogens with zero attached hydrogens (tertiary/aromatic N) is 4. The number of aromatic nitrogens is 2. The van der Waals surface area contributed by atoms with Gasteiger partial charge in [0.05, 0.1) is 11.8 Å². The van der Waals surface area contributed by atoms with E-state index in [0.29, 0.717) is 5.89 Å². The van der Waals surface area contributed by atoms with E-state index in [0.717, 1.165) is 38.2 Å². The zero-order chi connectivity index (χ0) is 16.3. The fraction of sp³-hybridized carbons (Fsp3) is 0.857. The van der Waals surface area contributed by atoms with Crippen molar-refractivity contribution >= 4 is 10.0 Å². The van der Waals surface area contributed by atoms with Crippen LogP contribution in [0.2, 0.25) is 0 Å². The largest absolute Gasteiger partial charge is 0.338 e. The molecule has 1 aliphatic heterocycles. The number of hydrogen-bond acceptors (Lipinski definition) is 6. The van der Waals surface area contributed by atoms with Crippen molar-refractivity contribution in [2.45, 2.75) is 52.1 Å². The van der Waals surface area contributed by atoms with E-state index in [1.807, 2.05) is 6.92 Å². The molecule has 0 spiro atoms. The molecule has 0 aliphatic carbocycles. The van der Waals surface area contributed by atoms with Crippen LogP contribution in [0.25, 0.3) is 0 Å². The molecule has 0 N–H and O–H groups in total. The number of aryl methyl sites for hydroxylation is 1. The molecule has 2 heterocycles. The maximum Gasteiger partial charge on any atom is 0.243 e. The van der Waals surface area contributed by atoms with E-state index >= 15 is 0 Å². The first-order chi connectivity index (χ1) is 10.4. The molecule has 1 saturated heterocycles. The second-order valence-electron chi connectivity index (χ2n) is 5.76. The van der Waals surface area contributed by atoms with Gasteiger partial charge in [0.25, 0.3) is 0 Å². The third-order valence-corrected chi connectivity index (χ3v) is 6.43. The smallest absolute Gasteiger partial charge is 0.243 e. The predicted octanol–water partition coefficient (Wildman–Crippen LogP) is 1.44. The third-order valence-electron chi connectivity index (χ3n) is 4.52. The van der Waals surface area contributed by atoms with Crippen molar-refractivity contribution in [1.29, 1.82) is 0 Å². The van der Waals surface area contributed by atoms with Gasteiger partial charge in [0.2, 0.25) is 15.9 Å². The molecule has 8 heteroatoms. The van der Waals surface area contributed by atoms with Gasteiger partial charge in [-0.25, -0.2) is 12.7 Å². The molecule has 0 bridgehead atoms. The van der Waals surface area contributed by atoms with Crippen LogP contribution in [-0.2, 0) is 16.4 Å². The van der Waals surface area contributed by atoms with Gasteiger partial charge in [-0.3, -0.25) is 4.90 Å². The minimum Gasteiger partial charge on any atom is -0.338 e. The Labute approximate surface area is 132 Å². The number of rotatable bonds is 6. The molecule has 7 nitrogen and oxygen atoms in total. The maximum absolute atomic E-state index is 12.0. The lowest BCUT2D eigenvalue weighted by Crippen LogP contribution is -2.46. The molecule has 0 saturated carbocycles. The van der Waals surface area contributed by atoms with E-state index < -0.39 is 10.0 Å². The van der Waals surface area contributed by atoms with Gasteiger partial charge in [-0.2, -0.15) is 4.98 Å². The average molecular weight is 330 g/mol. The summed E-state index contributed by atoms with van der Waals surface area (Å²) < 4.78 is 30.7. The van der Waals surface area contributed by atoms with E-state index in [-0.39, 0.29) is 17.8 Å². The van der Waals surface area contributed by atoms with Crippen LogP contribution in [0.15, 0.2) is 4.52 Å². The first-order valence-corrected chi connectivity index (χ1v) is 9.52. The highest BCUT2D eigenvalue weighted by molar-refractivity contribution is 7.89. The van der Waals surface area contributed by atoms with Gasteiger partial charge in [0.15, 0.2) is 5.82 Å². The lowest BCUT2D eigenvalue weighted by Gasteiger charge is -2.37. The summed E-state index contributed by atoms with van der Waals surface area (Å²) >= 11 is 0. The summed E-state index contributed by atoms with van der Waals surface area (Å²) in [5.41, 5.74) is 0. The molecule has 1 aliphatic rings. The quantitative estimate of drug-likeness (QED) is 0.785. The van der Waals surface area contributed by atoms with Crippen molar-refractivity contribution in [2.75, 3.05) is 25.9 Å². The van der Waals surface area contributed by atoms with E-state index in [1.54, 1.807) is 14.0 Å². The third kappa shape index (κ3) is 3.67. The minimum atomic E-state index is -3.11. The SMILES string of the molecule is CCc1noc(C(C)N2CCC(N(C)S(=O)(=O)CC)CC2)n1. The Morgan fingerprint density at radius 3 is 2.50 bits per heavy atom. The van der Waals surface area contributed by atoms with E-state index in [1.165, 1.54) is 4.31 Å². The summed E-state index contributed by atoms with van der Waals surface area (Å²) in [6.07, 6.45) is 2.42. The molecular formula is C14H26N4O3S. The van der Waals surface area contributed by atoms with Gasteiger partial charge in [0, 0.05) is 32.6 Å². The average Bonchev–Trinajstić information content (AvgIpc) is 3.02. The lowest BCUT2D eigenvalue weighted by atomic mass is 10.0. The highest BCUT2D eigenvalue weighted by Crippen LogP contribution is 2.25. The first-order valence-electron chi connectivity index (χ1n) is 7.91. The van der Waals surface area contributed by atoms with E-state index in [4.69, 9.17) is 4.52 Å². The molecule has 0 aromatic carbocycles. The van der Waals surface area contributed by atoms with Crippen LogP contribution in [-0.4, -0.2) is 59.7 Å². The molecule has 1 fully saturated rings. The predicted molar refractivity (Wildman–Crippen MR) is 83.9 cm³/mol. The maximum atomic E-state index is 12.0. The Kier molecular flexibility index (Phi) is 5.57. The molecule has 0 amide bonds. The molecule has 0 radical (unpaired) electrons. The van der Waals surface area contributed by atoms with Crippen molar-refractivity contribution < 1.29 is 12.9 Å². The van der Waals surface area contributed by atoms with Gasteiger partial charge in [-0.1, -0.05) is 12.1 Å². The second kappa shape index (κ2) is 7.06. The monoisotopic (exact) mass is 330 g/mol. The Morgan fingerprint density at radius 1 is 1.36 bits per heavy atom. The second-order valence-corrected chi connectivity index (χ2v) is 8.08. The molecule has 1 unspecified atom stereocenters. The zero-order valence-corrected chi connectivity index (χ0v) is 14.6. The molecule has 126 valence electrons. The molecular weight excluding hydrogens is 304 g/mol. The molecule has 1 aromatic heterocycles. The Bertz CT molecular complexity index is 579. The molecule has 2 rings (SSSR count). The van der Waals surface area contributed by atoms with Gasteiger partial charge in [0.1, 0.15) is 0 Å². The van der Waals surface area contributed by atoms with Crippen molar-refractivity contribution in [2.24, 2.45) is 0 Å². The number of likely N-dealkylation sites (tertiary alicyclic amines) is 1. The van der Waals surface area contributed by atoms with Gasteiger partial charge < -0.3 is 4.52 Å². The summed E-state index contributed by atoms with van der Waals surface area (Å²) in [6, 6.07) is 0.157. The summed E-state index contributed by atoms with van der Waals surface area (Å²) in [6.45, 7) is 7.40. The van der Waals surface area contributed by atoms with E-state index in [2.05, 4.69) is 22.0 Å². The first kappa shape index (κ1) is 17.4. The fourth-order valence-corrected chi connectivity index (χ4v) is 3.88. The highest BCUT2D eigenvalue weighted by Gasteiger charge is 2.31. The number of hydrogen-bond donors (Lipinski definition) is 0. The highest BCUT2D eigenvalue weighted by atomic mass is 32.2. The number of sulfonamides is 1. The van der Waals surface area contributed by atoms with Crippen molar-refractivity contribution in [3.8, 4) is 0 Å². The fourth-order valence-electron chi connectivity index (χ4n) is 2.80. The summed E-state index contributed by atoms with van der Waals surface area (Å²) in [5.74, 6) is 1.53. The van der Waals surface area contributed by atoms with Gasteiger partial charge in [-0.15, -0.1) is 0 Å². The lowest BCUT2D eigenvalue weighted by molar-refractivity contribution is 0.114. The van der Waals surface area contributed by atoms with Crippen molar-refractivity contribution in [3.63, 3.8) is 0 Å². The van der Waals surface area contributed by atoms with Gasteiger partial charge in [-0.05, 0) is 26.7 Å². The zero-order valence-electron chi connectivity index (χ0n) is 13.8. The van der Waals surface area contributed by atoms with Crippen LogP contribution >= 0.6 is 0 Å². The summed E-state index contributed by atoms with van der Waals surface area (Å²) in [5, 5.41) is 3.94. The normalized spacial score (nSPS) is 19.7. The van der Waals surface area contributed by atoms with Crippen LogP contribution in [0.5, 0.6) is 0 Å². The number of piperidine rings is 1. The standard InChI is InChI=1S/C14H26N4O3S/c1-5-13-15-14(21-16-13)11(3)18-9-7-12(8-10-18)17(4)22(19,20)6-2/h11-12H,5-10H2,1-4H3.